The van der Waals surface area contributed by atoms with Gasteiger partial charge in [0, 0.05) is 25.8 Å². The van der Waals surface area contributed by atoms with Crippen molar-refractivity contribution in [2.45, 2.75) is 25.8 Å². The summed E-state index contributed by atoms with van der Waals surface area (Å²) < 4.78 is 6.96. The molecule has 0 aliphatic carbocycles. The Labute approximate surface area is 139 Å². The predicted molar refractivity (Wildman–Crippen MR) is 86.9 cm³/mol. The number of amides is 2. The maximum Gasteiger partial charge on any atom is 0.410 e. The van der Waals surface area contributed by atoms with E-state index in [9.17, 15) is 9.59 Å². The van der Waals surface area contributed by atoms with Crippen molar-refractivity contribution in [3.05, 3.63) is 35.7 Å². The number of fused-ring (bicyclic) bond motifs is 2. The Morgan fingerprint density at radius 2 is 2.21 bits per heavy atom. The number of nitrogens with zero attached hydrogens (tertiary/aromatic N) is 4. The van der Waals surface area contributed by atoms with Gasteiger partial charge in [-0.05, 0) is 25.0 Å². The zero-order valence-electron chi connectivity index (χ0n) is 13.9. The fraction of sp³-hybridized carbons (Fsp3) is 0.471. The molecule has 0 N–H and O–H groups in total. The van der Waals surface area contributed by atoms with Gasteiger partial charge >= 0.3 is 6.09 Å². The molecule has 1 atom stereocenters. The van der Waals surface area contributed by atoms with Gasteiger partial charge in [-0.2, -0.15) is 5.10 Å². The van der Waals surface area contributed by atoms with Gasteiger partial charge in [0.2, 0.25) is 0 Å². The highest BCUT2D eigenvalue weighted by Gasteiger charge is 2.50. The van der Waals surface area contributed by atoms with Crippen LogP contribution in [0, 0.1) is 6.92 Å². The highest BCUT2D eigenvalue weighted by Crippen LogP contribution is 2.32. The zero-order valence-corrected chi connectivity index (χ0v) is 13.9. The van der Waals surface area contributed by atoms with Crippen LogP contribution >= 0.6 is 0 Å². The molecule has 2 aromatic rings. The number of piperazine rings is 1. The van der Waals surface area contributed by atoms with Crippen LogP contribution in [-0.4, -0.2) is 63.2 Å². The number of aromatic nitrogens is 2. The molecule has 2 amide bonds. The Morgan fingerprint density at radius 1 is 1.38 bits per heavy atom. The number of cyclic esters (lactones) is 1. The molecule has 2 aliphatic rings. The first-order chi connectivity index (χ1) is 11.5. The van der Waals surface area contributed by atoms with Crippen LogP contribution in [0.5, 0.6) is 0 Å². The molecule has 24 heavy (non-hydrogen) atoms. The van der Waals surface area contributed by atoms with Gasteiger partial charge in [-0.3, -0.25) is 9.69 Å². The van der Waals surface area contributed by atoms with Crippen molar-refractivity contribution in [1.82, 2.24) is 19.4 Å². The van der Waals surface area contributed by atoms with Crippen molar-refractivity contribution in [2.24, 2.45) is 0 Å². The van der Waals surface area contributed by atoms with Crippen molar-refractivity contribution >= 4 is 17.5 Å². The summed E-state index contributed by atoms with van der Waals surface area (Å²) in [7, 11) is 0. The number of carbonyl (C=O) groups is 2. The van der Waals surface area contributed by atoms with Gasteiger partial charge in [-0.15, -0.1) is 0 Å². The molecule has 2 aromatic heterocycles. The first kappa shape index (κ1) is 15.0. The number of aryl methyl sites for hydroxylation is 1. The molecule has 0 spiro atoms. The van der Waals surface area contributed by atoms with Crippen molar-refractivity contribution in [2.75, 3.05) is 26.2 Å². The smallest absolute Gasteiger partial charge is 0.410 e. The lowest BCUT2D eigenvalue weighted by molar-refractivity contribution is 0.0363. The molecule has 0 saturated carbocycles. The number of rotatable bonds is 2. The molecule has 2 aliphatic heterocycles. The van der Waals surface area contributed by atoms with E-state index in [2.05, 4.69) is 5.10 Å². The second-order valence-electron chi connectivity index (χ2n) is 6.61. The van der Waals surface area contributed by atoms with E-state index in [0.717, 1.165) is 17.5 Å². The zero-order chi connectivity index (χ0) is 16.9. The number of carbonyl (C=O) groups excluding carboxylic acids is 2. The molecule has 4 rings (SSSR count). The molecule has 4 heterocycles. The van der Waals surface area contributed by atoms with E-state index in [4.69, 9.17) is 4.74 Å². The molecule has 0 aromatic carbocycles. The van der Waals surface area contributed by atoms with Crippen molar-refractivity contribution < 1.29 is 14.3 Å². The van der Waals surface area contributed by atoms with Gasteiger partial charge in [0.25, 0.3) is 5.91 Å². The Morgan fingerprint density at radius 3 is 3.00 bits per heavy atom. The molecule has 1 unspecified atom stereocenters. The summed E-state index contributed by atoms with van der Waals surface area (Å²) in [5.74, 6) is -0.0410. The van der Waals surface area contributed by atoms with Gasteiger partial charge in [0.05, 0.1) is 22.8 Å². The van der Waals surface area contributed by atoms with Crippen LogP contribution in [-0.2, 0) is 4.74 Å². The molecule has 7 nitrogen and oxygen atoms in total. The first-order valence-electron chi connectivity index (χ1n) is 8.22. The Bertz CT molecular complexity index is 830. The molecule has 0 radical (unpaired) electrons. The van der Waals surface area contributed by atoms with Crippen molar-refractivity contribution in [3.8, 4) is 0 Å². The van der Waals surface area contributed by atoms with Crippen LogP contribution in [0.1, 0.15) is 29.3 Å². The summed E-state index contributed by atoms with van der Waals surface area (Å²) in [6.45, 7) is 5.89. The second kappa shape index (κ2) is 5.22. The van der Waals surface area contributed by atoms with E-state index in [1.165, 1.54) is 0 Å². The summed E-state index contributed by atoms with van der Waals surface area (Å²) >= 11 is 0. The summed E-state index contributed by atoms with van der Waals surface area (Å²) in [6, 6.07) is 3.90. The van der Waals surface area contributed by atoms with Gasteiger partial charge in [0.1, 0.15) is 6.61 Å². The molecule has 7 heteroatoms. The van der Waals surface area contributed by atoms with Crippen LogP contribution in [0.3, 0.4) is 0 Å². The van der Waals surface area contributed by atoms with E-state index in [-0.39, 0.29) is 12.0 Å². The third kappa shape index (κ3) is 2.07. The summed E-state index contributed by atoms with van der Waals surface area (Å²) in [6.07, 6.45) is 4.02. The number of pyridine rings is 1. The lowest BCUT2D eigenvalue weighted by atomic mass is 9.92. The maximum atomic E-state index is 13.0. The van der Waals surface area contributed by atoms with Crippen LogP contribution in [0.25, 0.3) is 5.52 Å². The second-order valence-corrected chi connectivity index (χ2v) is 6.61. The third-order valence-corrected chi connectivity index (χ3v) is 5.18. The average Bonchev–Trinajstić information content (AvgIpc) is 3.15. The van der Waals surface area contributed by atoms with Gasteiger partial charge < -0.3 is 9.64 Å². The van der Waals surface area contributed by atoms with Crippen LogP contribution in [0.2, 0.25) is 0 Å². The van der Waals surface area contributed by atoms with E-state index in [0.29, 0.717) is 31.8 Å². The molecular weight excluding hydrogens is 308 g/mol. The Kier molecular flexibility index (Phi) is 3.26. The number of hydrogen-bond donors (Lipinski definition) is 0. The quantitative estimate of drug-likeness (QED) is 0.841. The summed E-state index contributed by atoms with van der Waals surface area (Å²) in [5, 5.41) is 4.29. The van der Waals surface area contributed by atoms with E-state index < -0.39 is 5.54 Å². The predicted octanol–water partition coefficient (Wildman–Crippen LogP) is 1.70. The van der Waals surface area contributed by atoms with Crippen molar-refractivity contribution in [3.63, 3.8) is 0 Å². The molecule has 2 fully saturated rings. The topological polar surface area (TPSA) is 67.2 Å². The average molecular weight is 328 g/mol. The largest absolute Gasteiger partial charge is 0.447 e. The van der Waals surface area contributed by atoms with Gasteiger partial charge in [-0.1, -0.05) is 13.0 Å². The normalized spacial score (nSPS) is 23.5. The fourth-order valence-corrected chi connectivity index (χ4v) is 3.66. The lowest BCUT2D eigenvalue weighted by Gasteiger charge is -2.44. The van der Waals surface area contributed by atoms with E-state index in [1.54, 1.807) is 15.6 Å². The summed E-state index contributed by atoms with van der Waals surface area (Å²) in [5.41, 5.74) is 2.09. The minimum atomic E-state index is -0.398. The minimum Gasteiger partial charge on any atom is -0.447 e. The fourth-order valence-electron chi connectivity index (χ4n) is 3.66. The SMILES string of the molecule is CCC12COC(=O)N1CCN(C(=O)c1cnn3cc(C)ccc13)C2. The summed E-state index contributed by atoms with van der Waals surface area (Å²) in [4.78, 5) is 28.5. The first-order valence-corrected chi connectivity index (χ1v) is 8.22. The molecule has 2 saturated heterocycles. The van der Waals surface area contributed by atoms with Crippen molar-refractivity contribution in [1.29, 1.82) is 0 Å². The van der Waals surface area contributed by atoms with Crippen LogP contribution in [0.4, 0.5) is 4.79 Å². The standard InChI is InChI=1S/C17H20N4O3/c1-3-17-10-19(6-7-20(17)16(23)24-11-17)15(22)13-8-18-21-9-12(2)4-5-14(13)21/h4-5,8-9H,3,6-7,10-11H2,1-2H3. The molecule has 126 valence electrons. The Hall–Kier alpha value is -2.57. The third-order valence-electron chi connectivity index (χ3n) is 5.18. The lowest BCUT2D eigenvalue weighted by Crippen LogP contribution is -2.62. The number of ether oxygens (including phenoxy) is 1. The van der Waals surface area contributed by atoms with E-state index in [1.807, 2.05) is 37.1 Å². The van der Waals surface area contributed by atoms with Crippen LogP contribution < -0.4 is 0 Å². The number of hydrogen-bond acceptors (Lipinski definition) is 4. The monoisotopic (exact) mass is 328 g/mol. The van der Waals surface area contributed by atoms with Gasteiger partial charge in [0.15, 0.2) is 0 Å². The van der Waals surface area contributed by atoms with Gasteiger partial charge in [-0.25, -0.2) is 9.31 Å². The Balaban J connectivity index is 1.64. The highest BCUT2D eigenvalue weighted by atomic mass is 16.6. The highest BCUT2D eigenvalue weighted by molar-refractivity contribution is 6.00. The van der Waals surface area contributed by atoms with E-state index >= 15 is 0 Å². The maximum absolute atomic E-state index is 13.0. The van der Waals surface area contributed by atoms with Crippen LogP contribution in [0.15, 0.2) is 24.5 Å². The molecular formula is C17H20N4O3. The molecule has 0 bridgehead atoms. The minimum absolute atomic E-state index is 0.0410.